The molecule has 5 nitrogen and oxygen atoms in total. The molecule has 0 spiro atoms. The molecule has 166 valence electrons. The fourth-order valence-corrected chi connectivity index (χ4v) is 3.51. The summed E-state index contributed by atoms with van der Waals surface area (Å²) in [6.45, 7) is 13.4. The van der Waals surface area contributed by atoms with Gasteiger partial charge in [0.05, 0.1) is 11.1 Å². The van der Waals surface area contributed by atoms with Crippen LogP contribution in [-0.2, 0) is 4.79 Å². The highest BCUT2D eigenvalue weighted by Crippen LogP contribution is 2.40. The first-order chi connectivity index (χ1) is 15.3. The van der Waals surface area contributed by atoms with Crippen LogP contribution in [0.15, 0.2) is 61.2 Å². The number of ether oxygens (including phenoxy) is 2. The quantitative estimate of drug-likeness (QED) is 0.232. The predicted octanol–water partition coefficient (Wildman–Crippen LogP) is 5.70. The van der Waals surface area contributed by atoms with Gasteiger partial charge in [-0.3, -0.25) is 4.79 Å². The van der Waals surface area contributed by atoms with E-state index in [1.165, 1.54) is 6.08 Å². The Balaban J connectivity index is 1.89. The van der Waals surface area contributed by atoms with E-state index in [2.05, 4.69) is 37.5 Å². The van der Waals surface area contributed by atoms with Crippen LogP contribution < -0.4 is 14.4 Å². The lowest BCUT2D eigenvalue weighted by Crippen LogP contribution is -2.28. The maximum atomic E-state index is 13.0. The van der Waals surface area contributed by atoms with E-state index in [1.807, 2.05) is 38.1 Å². The van der Waals surface area contributed by atoms with Crippen molar-refractivity contribution < 1.29 is 19.1 Å². The molecule has 0 bridgehead atoms. The van der Waals surface area contributed by atoms with Crippen LogP contribution in [0.25, 0.3) is 12.2 Å². The Morgan fingerprint density at radius 2 is 1.78 bits per heavy atom. The van der Waals surface area contributed by atoms with Gasteiger partial charge in [-0.1, -0.05) is 24.8 Å². The number of allylic oxidation sites excluding steroid dienone is 1. The maximum Gasteiger partial charge on any atom is 0.335 e. The lowest BCUT2D eigenvalue weighted by Gasteiger charge is -2.29. The van der Waals surface area contributed by atoms with Crippen molar-refractivity contribution >= 4 is 29.6 Å². The van der Waals surface area contributed by atoms with Gasteiger partial charge in [0.1, 0.15) is 17.1 Å². The summed E-state index contributed by atoms with van der Waals surface area (Å²) in [5.74, 6) is -0.0399. The number of rotatable bonds is 8. The van der Waals surface area contributed by atoms with Gasteiger partial charge in [0.15, 0.2) is 5.78 Å². The van der Waals surface area contributed by atoms with Gasteiger partial charge in [-0.25, -0.2) is 4.79 Å². The largest absolute Gasteiger partial charge is 0.482 e. The fourth-order valence-electron chi connectivity index (χ4n) is 3.51. The van der Waals surface area contributed by atoms with Crippen molar-refractivity contribution in [2.45, 2.75) is 33.3 Å². The molecule has 0 aromatic heterocycles. The van der Waals surface area contributed by atoms with Crippen molar-refractivity contribution in [3.05, 3.63) is 77.9 Å². The number of carbonyl (C=O) groups excluding carboxylic acids is 2. The third-order valence-corrected chi connectivity index (χ3v) is 5.26. The molecule has 0 radical (unpaired) electrons. The number of ketones is 1. The van der Waals surface area contributed by atoms with Crippen LogP contribution in [0.3, 0.4) is 0 Å². The van der Waals surface area contributed by atoms with Gasteiger partial charge in [0.25, 0.3) is 0 Å². The first-order valence-corrected chi connectivity index (χ1v) is 10.7. The van der Waals surface area contributed by atoms with Crippen LogP contribution in [-0.4, -0.2) is 30.4 Å². The molecule has 2 aromatic rings. The highest BCUT2D eigenvalue weighted by molar-refractivity contribution is 6.09. The zero-order valence-corrected chi connectivity index (χ0v) is 19.1. The van der Waals surface area contributed by atoms with Gasteiger partial charge < -0.3 is 14.4 Å². The predicted molar refractivity (Wildman–Crippen MR) is 129 cm³/mol. The highest BCUT2D eigenvalue weighted by atomic mass is 16.5. The number of carbonyl (C=O) groups is 2. The molecule has 0 aliphatic carbocycles. The van der Waals surface area contributed by atoms with E-state index >= 15 is 0 Å². The maximum absolute atomic E-state index is 13.0. The van der Waals surface area contributed by atoms with E-state index in [9.17, 15) is 9.59 Å². The number of hydrogen-bond donors (Lipinski definition) is 0. The Morgan fingerprint density at radius 1 is 1.09 bits per heavy atom. The Morgan fingerprint density at radius 3 is 2.41 bits per heavy atom. The van der Waals surface area contributed by atoms with Crippen LogP contribution in [0.5, 0.6) is 11.5 Å². The molecule has 0 amide bonds. The molecule has 0 atom stereocenters. The van der Waals surface area contributed by atoms with Crippen molar-refractivity contribution in [1.29, 1.82) is 0 Å². The lowest BCUT2D eigenvalue weighted by molar-refractivity contribution is -0.128. The molecule has 1 heterocycles. The number of esters is 1. The van der Waals surface area contributed by atoms with Crippen molar-refractivity contribution in [2.75, 3.05) is 18.0 Å². The number of nitrogens with zero attached hydrogens (tertiary/aromatic N) is 1. The summed E-state index contributed by atoms with van der Waals surface area (Å²) in [6.07, 6.45) is 8.10. The highest BCUT2D eigenvalue weighted by Gasteiger charge is 2.28. The summed E-state index contributed by atoms with van der Waals surface area (Å²) in [5.41, 5.74) is 2.46. The second-order valence-electron chi connectivity index (χ2n) is 7.98. The molecule has 3 rings (SSSR count). The zero-order valence-electron chi connectivity index (χ0n) is 19.1. The molecule has 5 heteroatoms. The summed E-state index contributed by atoms with van der Waals surface area (Å²) in [7, 11) is 0. The summed E-state index contributed by atoms with van der Waals surface area (Å²) in [5, 5.41) is 0. The molecule has 0 unspecified atom stereocenters. The van der Waals surface area contributed by atoms with E-state index in [-0.39, 0.29) is 5.78 Å². The Bertz CT molecular complexity index is 1070. The molecule has 1 aliphatic rings. The van der Waals surface area contributed by atoms with Crippen LogP contribution in [0, 0.1) is 0 Å². The summed E-state index contributed by atoms with van der Waals surface area (Å²) in [6, 6.07) is 11.3. The standard InChI is InChI=1S/C27H29NO4/c1-6-25(30)31-24-16-14-21(26-22(24)17-18-27(4,5)32-26)23(29)15-11-19-9-12-20(13-10-19)28(7-2)8-3/h6,9-18H,1,7-8H2,2-5H3. The monoisotopic (exact) mass is 431 g/mol. The molecule has 32 heavy (non-hydrogen) atoms. The van der Waals surface area contributed by atoms with Gasteiger partial charge in [-0.2, -0.15) is 0 Å². The number of hydrogen-bond acceptors (Lipinski definition) is 5. The summed E-state index contributed by atoms with van der Waals surface area (Å²) >= 11 is 0. The Labute approximate surface area is 189 Å². The van der Waals surface area contributed by atoms with Crippen molar-refractivity contribution in [2.24, 2.45) is 0 Å². The average molecular weight is 432 g/mol. The van der Waals surface area contributed by atoms with Gasteiger partial charge in [-0.05, 0) is 75.8 Å². The van der Waals surface area contributed by atoms with Crippen LogP contribution >= 0.6 is 0 Å². The molecular formula is C27H29NO4. The fraction of sp³-hybridized carbons (Fsp3) is 0.259. The van der Waals surface area contributed by atoms with Crippen LogP contribution in [0.4, 0.5) is 5.69 Å². The first kappa shape index (κ1) is 23.1. The molecular weight excluding hydrogens is 402 g/mol. The Kier molecular flexibility index (Phi) is 6.98. The number of benzene rings is 2. The van der Waals surface area contributed by atoms with E-state index in [0.717, 1.165) is 30.4 Å². The van der Waals surface area contributed by atoms with E-state index < -0.39 is 11.6 Å². The van der Waals surface area contributed by atoms with Crippen molar-refractivity contribution in [3.63, 3.8) is 0 Å². The minimum Gasteiger partial charge on any atom is -0.482 e. The lowest BCUT2D eigenvalue weighted by atomic mass is 9.97. The van der Waals surface area contributed by atoms with Crippen LogP contribution in [0.1, 0.15) is 49.2 Å². The SMILES string of the molecule is C=CC(=O)Oc1ccc(C(=O)C=Cc2ccc(N(CC)CC)cc2)c2c1C=CC(C)(C)O2. The molecule has 0 saturated carbocycles. The molecule has 1 aliphatic heterocycles. The van der Waals surface area contributed by atoms with Crippen molar-refractivity contribution in [1.82, 2.24) is 0 Å². The number of anilines is 1. The minimum atomic E-state index is -0.590. The topological polar surface area (TPSA) is 55.8 Å². The zero-order chi connectivity index (χ0) is 23.3. The van der Waals surface area contributed by atoms with Gasteiger partial charge in [-0.15, -0.1) is 0 Å². The molecule has 0 N–H and O–H groups in total. The van der Waals surface area contributed by atoms with Gasteiger partial charge in [0.2, 0.25) is 0 Å². The first-order valence-electron chi connectivity index (χ1n) is 10.7. The third kappa shape index (κ3) is 5.17. The van der Waals surface area contributed by atoms with Crippen LogP contribution in [0.2, 0.25) is 0 Å². The van der Waals surface area contributed by atoms with Crippen molar-refractivity contribution in [3.8, 4) is 11.5 Å². The second kappa shape index (κ2) is 9.69. The van der Waals surface area contributed by atoms with E-state index in [0.29, 0.717) is 22.6 Å². The molecule has 0 fully saturated rings. The third-order valence-electron chi connectivity index (χ3n) is 5.26. The van der Waals surface area contributed by atoms with Gasteiger partial charge in [0, 0.05) is 24.9 Å². The average Bonchev–Trinajstić information content (AvgIpc) is 2.78. The molecule has 0 saturated heterocycles. The second-order valence-corrected chi connectivity index (χ2v) is 7.98. The minimum absolute atomic E-state index is 0.193. The van der Waals surface area contributed by atoms with E-state index in [1.54, 1.807) is 18.2 Å². The molecule has 2 aromatic carbocycles. The normalized spacial score (nSPS) is 13.9. The Hall–Kier alpha value is -3.60. The smallest absolute Gasteiger partial charge is 0.335 e. The summed E-state index contributed by atoms with van der Waals surface area (Å²) < 4.78 is 11.4. The number of fused-ring (bicyclic) bond motifs is 1. The summed E-state index contributed by atoms with van der Waals surface area (Å²) in [4.78, 5) is 27.0. The van der Waals surface area contributed by atoms with Gasteiger partial charge >= 0.3 is 5.97 Å². The van der Waals surface area contributed by atoms with E-state index in [4.69, 9.17) is 9.47 Å².